The Morgan fingerprint density at radius 3 is 2.93 bits per heavy atom. The Kier molecular flexibility index (Phi) is 5.03. The second kappa shape index (κ2) is 7.79. The third-order valence-electron chi connectivity index (χ3n) is 5.82. The van der Waals surface area contributed by atoms with E-state index in [0.717, 1.165) is 65.8 Å². The number of thiophene rings is 1. The molecule has 0 amide bonds. The molecule has 5 rings (SSSR count). The maximum Gasteiger partial charge on any atom is 0.147 e. The van der Waals surface area contributed by atoms with Crippen molar-refractivity contribution in [3.63, 3.8) is 0 Å². The Bertz CT molecular complexity index is 996. The van der Waals surface area contributed by atoms with Gasteiger partial charge in [0.1, 0.15) is 22.8 Å². The third kappa shape index (κ3) is 3.10. The molecule has 3 aromatic rings. The molecular weight excluding hydrogens is 370 g/mol. The van der Waals surface area contributed by atoms with Crippen molar-refractivity contribution >= 4 is 43.4 Å². The van der Waals surface area contributed by atoms with Crippen LogP contribution in [-0.2, 0) is 17.8 Å². The summed E-state index contributed by atoms with van der Waals surface area (Å²) in [7, 11) is 0. The molecular formula is C21H27N5OS. The third-order valence-corrected chi connectivity index (χ3v) is 6.90. The number of unbranched alkanes of at least 4 members (excludes halogenated alkanes) is 2. The van der Waals surface area contributed by atoms with E-state index in [1.807, 2.05) is 0 Å². The molecule has 0 bridgehead atoms. The molecule has 0 aromatic carbocycles. The van der Waals surface area contributed by atoms with Crippen molar-refractivity contribution in [2.24, 2.45) is 0 Å². The standard InChI is InChI=1S/C21H27N5OS/c1-2-3-4-8-22-19-18-17(23-13-24-19)16-14-7-11-27-12-15(14)20(25-21(16)28-18)26-9-5-6-10-26/h13H,2-12H2,1H3,(H,22,23,24). The SMILES string of the molecule is CCCCCNc1ncnc2c1sc1nc(N3CCCC3)c3c(c12)CCOC3. The van der Waals surface area contributed by atoms with Crippen molar-refractivity contribution in [3.05, 3.63) is 17.5 Å². The summed E-state index contributed by atoms with van der Waals surface area (Å²) in [4.78, 5) is 17.9. The molecule has 3 aromatic heterocycles. The van der Waals surface area contributed by atoms with Crippen LogP contribution in [0.3, 0.4) is 0 Å². The summed E-state index contributed by atoms with van der Waals surface area (Å²) in [5.74, 6) is 2.09. The molecule has 0 aliphatic carbocycles. The smallest absolute Gasteiger partial charge is 0.147 e. The fourth-order valence-corrected chi connectivity index (χ4v) is 5.49. The van der Waals surface area contributed by atoms with E-state index in [-0.39, 0.29) is 0 Å². The van der Waals surface area contributed by atoms with Gasteiger partial charge in [-0.2, -0.15) is 0 Å². The van der Waals surface area contributed by atoms with Gasteiger partial charge in [-0.05, 0) is 31.2 Å². The van der Waals surface area contributed by atoms with Crippen molar-refractivity contribution in [2.75, 3.05) is 36.5 Å². The lowest BCUT2D eigenvalue weighted by Gasteiger charge is -2.25. The summed E-state index contributed by atoms with van der Waals surface area (Å²) in [5.41, 5.74) is 3.71. The van der Waals surface area contributed by atoms with Crippen LogP contribution in [0.1, 0.15) is 50.2 Å². The van der Waals surface area contributed by atoms with E-state index in [2.05, 4.69) is 27.1 Å². The molecule has 1 saturated heterocycles. The quantitative estimate of drug-likeness (QED) is 0.617. The fourth-order valence-electron chi connectivity index (χ4n) is 4.37. The summed E-state index contributed by atoms with van der Waals surface area (Å²) >= 11 is 1.73. The highest BCUT2D eigenvalue weighted by molar-refractivity contribution is 7.26. The number of pyridine rings is 1. The number of anilines is 2. The van der Waals surface area contributed by atoms with Crippen LogP contribution < -0.4 is 10.2 Å². The van der Waals surface area contributed by atoms with Gasteiger partial charge in [0.2, 0.25) is 0 Å². The first-order valence-corrected chi connectivity index (χ1v) is 11.3. The van der Waals surface area contributed by atoms with Crippen molar-refractivity contribution in [3.8, 4) is 0 Å². The van der Waals surface area contributed by atoms with Crippen LogP contribution in [0.2, 0.25) is 0 Å². The number of fused-ring (bicyclic) bond motifs is 5. The molecule has 7 heteroatoms. The topological polar surface area (TPSA) is 63.2 Å². The predicted octanol–water partition coefficient (Wildman–Crippen LogP) is 4.51. The van der Waals surface area contributed by atoms with Crippen LogP contribution >= 0.6 is 11.3 Å². The van der Waals surface area contributed by atoms with Gasteiger partial charge in [-0.1, -0.05) is 19.8 Å². The molecule has 6 nitrogen and oxygen atoms in total. The monoisotopic (exact) mass is 397 g/mol. The molecule has 0 atom stereocenters. The van der Waals surface area contributed by atoms with Gasteiger partial charge in [-0.25, -0.2) is 15.0 Å². The number of hydrogen-bond donors (Lipinski definition) is 1. The lowest BCUT2D eigenvalue weighted by molar-refractivity contribution is 0.111. The highest BCUT2D eigenvalue weighted by atomic mass is 32.1. The van der Waals surface area contributed by atoms with Crippen molar-refractivity contribution < 1.29 is 4.74 Å². The highest BCUT2D eigenvalue weighted by Gasteiger charge is 2.27. The Labute approximate surface area is 169 Å². The molecule has 0 radical (unpaired) electrons. The number of ether oxygens (including phenoxy) is 1. The maximum atomic E-state index is 5.83. The zero-order chi connectivity index (χ0) is 18.9. The fraction of sp³-hybridized carbons (Fsp3) is 0.571. The summed E-state index contributed by atoms with van der Waals surface area (Å²) in [6.45, 7) is 6.81. The zero-order valence-electron chi connectivity index (χ0n) is 16.5. The van der Waals surface area contributed by atoms with Crippen LogP contribution in [0.4, 0.5) is 11.6 Å². The summed E-state index contributed by atoms with van der Waals surface area (Å²) < 4.78 is 6.96. The molecule has 148 valence electrons. The average Bonchev–Trinajstić information content (AvgIpc) is 3.38. The minimum Gasteiger partial charge on any atom is -0.376 e. The molecule has 28 heavy (non-hydrogen) atoms. The van der Waals surface area contributed by atoms with Gasteiger partial charge >= 0.3 is 0 Å². The Hall–Kier alpha value is -1.99. The van der Waals surface area contributed by atoms with Crippen molar-refractivity contribution in [1.29, 1.82) is 0 Å². The van der Waals surface area contributed by atoms with E-state index < -0.39 is 0 Å². The van der Waals surface area contributed by atoms with Gasteiger partial charge < -0.3 is 15.0 Å². The number of nitrogens with one attached hydrogen (secondary N) is 1. The van der Waals surface area contributed by atoms with E-state index in [4.69, 9.17) is 9.72 Å². The van der Waals surface area contributed by atoms with Crippen molar-refractivity contribution in [1.82, 2.24) is 15.0 Å². The van der Waals surface area contributed by atoms with Gasteiger partial charge in [0.25, 0.3) is 0 Å². The van der Waals surface area contributed by atoms with Gasteiger partial charge in [0.05, 0.1) is 23.4 Å². The molecule has 0 saturated carbocycles. The normalized spacial score (nSPS) is 16.8. The molecule has 2 aliphatic rings. The van der Waals surface area contributed by atoms with E-state index >= 15 is 0 Å². The van der Waals surface area contributed by atoms with E-state index in [1.165, 1.54) is 42.2 Å². The maximum absolute atomic E-state index is 5.83. The summed E-state index contributed by atoms with van der Waals surface area (Å²) in [6, 6.07) is 0. The summed E-state index contributed by atoms with van der Waals surface area (Å²) in [6.07, 6.45) is 8.75. The molecule has 5 heterocycles. The van der Waals surface area contributed by atoms with Gasteiger partial charge in [-0.3, -0.25) is 0 Å². The lowest BCUT2D eigenvalue weighted by atomic mass is 10.00. The second-order valence-electron chi connectivity index (χ2n) is 7.71. The average molecular weight is 398 g/mol. The van der Waals surface area contributed by atoms with Crippen LogP contribution in [0.5, 0.6) is 0 Å². The van der Waals surface area contributed by atoms with Crippen LogP contribution in [0, 0.1) is 0 Å². The van der Waals surface area contributed by atoms with Gasteiger partial charge in [0, 0.05) is 30.6 Å². The predicted molar refractivity (Wildman–Crippen MR) is 116 cm³/mol. The van der Waals surface area contributed by atoms with Crippen LogP contribution in [-0.4, -0.2) is 41.2 Å². The van der Waals surface area contributed by atoms with Crippen molar-refractivity contribution in [2.45, 2.75) is 52.1 Å². The molecule has 1 N–H and O–H groups in total. The Morgan fingerprint density at radius 1 is 1.18 bits per heavy atom. The molecule has 2 aliphatic heterocycles. The Morgan fingerprint density at radius 2 is 2.07 bits per heavy atom. The zero-order valence-corrected chi connectivity index (χ0v) is 17.3. The number of nitrogens with zero attached hydrogens (tertiary/aromatic N) is 4. The largest absolute Gasteiger partial charge is 0.376 e. The minimum absolute atomic E-state index is 0.661. The van der Waals surface area contributed by atoms with Crippen LogP contribution in [0.15, 0.2) is 6.33 Å². The van der Waals surface area contributed by atoms with E-state index in [9.17, 15) is 0 Å². The van der Waals surface area contributed by atoms with E-state index in [0.29, 0.717) is 6.61 Å². The highest BCUT2D eigenvalue weighted by Crippen LogP contribution is 2.42. The molecule has 1 fully saturated rings. The van der Waals surface area contributed by atoms with Crippen LogP contribution in [0.25, 0.3) is 20.4 Å². The Balaban J connectivity index is 1.63. The first-order chi connectivity index (χ1) is 13.9. The number of aromatic nitrogens is 3. The lowest BCUT2D eigenvalue weighted by Crippen LogP contribution is -2.23. The first-order valence-electron chi connectivity index (χ1n) is 10.5. The second-order valence-corrected chi connectivity index (χ2v) is 8.70. The number of rotatable bonds is 6. The minimum atomic E-state index is 0.661. The summed E-state index contributed by atoms with van der Waals surface area (Å²) in [5, 5.41) is 4.75. The van der Waals surface area contributed by atoms with Gasteiger partial charge in [0.15, 0.2) is 0 Å². The number of hydrogen-bond acceptors (Lipinski definition) is 7. The first kappa shape index (κ1) is 18.1. The van der Waals surface area contributed by atoms with Gasteiger partial charge in [-0.15, -0.1) is 11.3 Å². The van der Waals surface area contributed by atoms with E-state index in [1.54, 1.807) is 17.7 Å². The molecule has 0 unspecified atom stereocenters. The molecule has 0 spiro atoms.